The Morgan fingerprint density at radius 2 is 2.04 bits per heavy atom. The molecule has 2 amide bonds. The van der Waals surface area contributed by atoms with Crippen molar-refractivity contribution >= 4 is 11.8 Å². The highest BCUT2D eigenvalue weighted by molar-refractivity contribution is 5.95. The average molecular weight is 381 g/mol. The minimum absolute atomic E-state index is 0.0690. The quantitative estimate of drug-likeness (QED) is 0.817. The van der Waals surface area contributed by atoms with Gasteiger partial charge in [-0.15, -0.1) is 0 Å². The number of hydrogen-bond donors (Lipinski definition) is 0. The van der Waals surface area contributed by atoms with Gasteiger partial charge in [0, 0.05) is 58.2 Å². The number of piperidine rings is 2. The first kappa shape index (κ1) is 18.7. The molecular formula is C21H27N5O2. The smallest absolute Gasteiger partial charge is 0.257 e. The molecule has 2 aliphatic heterocycles. The van der Waals surface area contributed by atoms with Gasteiger partial charge in [0.05, 0.1) is 11.3 Å². The van der Waals surface area contributed by atoms with Gasteiger partial charge in [0.25, 0.3) is 5.91 Å². The molecule has 0 saturated carbocycles. The van der Waals surface area contributed by atoms with E-state index in [2.05, 4.69) is 10.1 Å². The molecule has 148 valence electrons. The standard InChI is InChI=1S/C21H27N5O2/c1-16-18(14-24(2)23-16)20(28)25-10-7-21(8-11-25)6-5-19(27)26(15-21)13-17-4-3-9-22-12-17/h3-4,9,12,14H,5-8,10-11,13,15H2,1-2H3. The number of amides is 2. The van der Waals surface area contributed by atoms with Crippen molar-refractivity contribution in [2.75, 3.05) is 19.6 Å². The van der Waals surface area contributed by atoms with Gasteiger partial charge in [-0.05, 0) is 43.2 Å². The first-order valence-electron chi connectivity index (χ1n) is 9.92. The zero-order chi connectivity index (χ0) is 19.7. The van der Waals surface area contributed by atoms with Crippen LogP contribution in [0, 0.1) is 12.3 Å². The Bertz CT molecular complexity index is 868. The molecule has 28 heavy (non-hydrogen) atoms. The highest BCUT2D eigenvalue weighted by Gasteiger charge is 2.42. The second-order valence-electron chi connectivity index (χ2n) is 8.21. The summed E-state index contributed by atoms with van der Waals surface area (Å²) in [7, 11) is 1.84. The minimum Gasteiger partial charge on any atom is -0.338 e. The Balaban J connectivity index is 1.41. The fraction of sp³-hybridized carbons (Fsp3) is 0.524. The van der Waals surface area contributed by atoms with E-state index in [0.717, 1.165) is 50.2 Å². The van der Waals surface area contributed by atoms with E-state index >= 15 is 0 Å². The van der Waals surface area contributed by atoms with Crippen LogP contribution in [-0.4, -0.2) is 56.0 Å². The molecule has 7 nitrogen and oxygen atoms in total. The van der Waals surface area contributed by atoms with Crippen LogP contribution in [0.25, 0.3) is 0 Å². The first-order chi connectivity index (χ1) is 13.5. The first-order valence-corrected chi connectivity index (χ1v) is 9.92. The summed E-state index contributed by atoms with van der Waals surface area (Å²) >= 11 is 0. The van der Waals surface area contributed by atoms with Gasteiger partial charge >= 0.3 is 0 Å². The second-order valence-corrected chi connectivity index (χ2v) is 8.21. The normalized spacial score (nSPS) is 19.3. The van der Waals surface area contributed by atoms with E-state index in [-0.39, 0.29) is 17.2 Å². The summed E-state index contributed by atoms with van der Waals surface area (Å²) in [6, 6.07) is 3.92. The third kappa shape index (κ3) is 3.66. The van der Waals surface area contributed by atoms with Crippen molar-refractivity contribution in [3.05, 3.63) is 47.5 Å². The Morgan fingerprint density at radius 1 is 1.25 bits per heavy atom. The summed E-state index contributed by atoms with van der Waals surface area (Å²) in [6.45, 7) is 4.74. The average Bonchev–Trinajstić information content (AvgIpc) is 3.04. The van der Waals surface area contributed by atoms with E-state index in [4.69, 9.17) is 0 Å². The molecule has 0 N–H and O–H groups in total. The molecule has 0 radical (unpaired) electrons. The molecule has 0 aliphatic carbocycles. The van der Waals surface area contributed by atoms with Gasteiger partial charge in [0.2, 0.25) is 5.91 Å². The van der Waals surface area contributed by atoms with Crippen LogP contribution in [0.15, 0.2) is 30.7 Å². The summed E-state index contributed by atoms with van der Waals surface area (Å²) in [5.74, 6) is 0.290. The molecule has 4 heterocycles. The monoisotopic (exact) mass is 381 g/mol. The minimum atomic E-state index is 0.0690. The SMILES string of the molecule is Cc1nn(C)cc1C(=O)N1CCC2(CCC(=O)N(Cc3cccnc3)C2)CC1. The molecular weight excluding hydrogens is 354 g/mol. The number of pyridine rings is 1. The predicted molar refractivity (Wildman–Crippen MR) is 104 cm³/mol. The third-order valence-corrected chi connectivity index (χ3v) is 6.20. The van der Waals surface area contributed by atoms with Crippen LogP contribution in [0.2, 0.25) is 0 Å². The fourth-order valence-electron chi connectivity index (χ4n) is 4.53. The maximum Gasteiger partial charge on any atom is 0.257 e. The van der Waals surface area contributed by atoms with Gasteiger partial charge < -0.3 is 9.80 Å². The zero-order valence-electron chi connectivity index (χ0n) is 16.6. The molecule has 2 aromatic rings. The van der Waals surface area contributed by atoms with E-state index < -0.39 is 0 Å². The van der Waals surface area contributed by atoms with Crippen molar-refractivity contribution < 1.29 is 9.59 Å². The number of aromatic nitrogens is 3. The molecule has 2 aromatic heterocycles. The molecule has 1 spiro atoms. The largest absolute Gasteiger partial charge is 0.338 e. The highest BCUT2D eigenvalue weighted by Crippen LogP contribution is 2.40. The Kier molecular flexibility index (Phi) is 4.91. The third-order valence-electron chi connectivity index (χ3n) is 6.20. The molecule has 0 aromatic carbocycles. The van der Waals surface area contributed by atoms with Gasteiger partial charge in [0.15, 0.2) is 0 Å². The number of hydrogen-bond acceptors (Lipinski definition) is 4. The van der Waals surface area contributed by atoms with Crippen molar-refractivity contribution in [2.24, 2.45) is 12.5 Å². The fourth-order valence-corrected chi connectivity index (χ4v) is 4.53. The van der Waals surface area contributed by atoms with Crippen LogP contribution in [-0.2, 0) is 18.4 Å². The highest BCUT2D eigenvalue weighted by atomic mass is 16.2. The van der Waals surface area contributed by atoms with E-state index in [1.54, 1.807) is 17.1 Å². The predicted octanol–water partition coefficient (Wildman–Crippen LogP) is 2.17. The van der Waals surface area contributed by atoms with Crippen LogP contribution in [0.5, 0.6) is 0 Å². The van der Waals surface area contributed by atoms with Crippen LogP contribution in [0.3, 0.4) is 0 Å². The number of likely N-dealkylation sites (tertiary alicyclic amines) is 2. The van der Waals surface area contributed by atoms with E-state index in [0.29, 0.717) is 18.5 Å². The number of nitrogens with zero attached hydrogens (tertiary/aromatic N) is 5. The van der Waals surface area contributed by atoms with E-state index in [1.807, 2.05) is 42.1 Å². The van der Waals surface area contributed by atoms with Gasteiger partial charge in [-0.3, -0.25) is 19.3 Å². The Labute approximate surface area is 165 Å². The number of carbonyl (C=O) groups is 2. The van der Waals surface area contributed by atoms with Crippen molar-refractivity contribution in [2.45, 2.75) is 39.2 Å². The lowest BCUT2D eigenvalue weighted by Gasteiger charge is -2.47. The summed E-state index contributed by atoms with van der Waals surface area (Å²) < 4.78 is 1.69. The van der Waals surface area contributed by atoms with Gasteiger partial charge in [0.1, 0.15) is 0 Å². The van der Waals surface area contributed by atoms with Gasteiger partial charge in [-0.1, -0.05) is 6.07 Å². The molecule has 4 rings (SSSR count). The van der Waals surface area contributed by atoms with Crippen molar-refractivity contribution in [3.63, 3.8) is 0 Å². The van der Waals surface area contributed by atoms with Gasteiger partial charge in [-0.2, -0.15) is 5.10 Å². The summed E-state index contributed by atoms with van der Waals surface area (Å²) in [5.41, 5.74) is 2.65. The molecule has 2 aliphatic rings. The maximum absolute atomic E-state index is 12.9. The topological polar surface area (TPSA) is 71.3 Å². The van der Waals surface area contributed by atoms with Crippen LogP contribution >= 0.6 is 0 Å². The molecule has 2 fully saturated rings. The second kappa shape index (κ2) is 7.37. The zero-order valence-corrected chi connectivity index (χ0v) is 16.6. The number of carbonyl (C=O) groups excluding carboxylic acids is 2. The van der Waals surface area contributed by atoms with Crippen LogP contribution in [0.4, 0.5) is 0 Å². The van der Waals surface area contributed by atoms with Crippen LogP contribution < -0.4 is 0 Å². The lowest BCUT2D eigenvalue weighted by Crippen LogP contribution is -2.52. The molecule has 0 bridgehead atoms. The lowest BCUT2D eigenvalue weighted by atomic mass is 9.72. The molecule has 0 atom stereocenters. The van der Waals surface area contributed by atoms with Crippen molar-refractivity contribution in [1.29, 1.82) is 0 Å². The Morgan fingerprint density at radius 3 is 2.68 bits per heavy atom. The molecule has 2 saturated heterocycles. The van der Waals surface area contributed by atoms with Crippen LogP contribution in [0.1, 0.15) is 47.3 Å². The summed E-state index contributed by atoms with van der Waals surface area (Å²) in [4.78, 5) is 33.4. The van der Waals surface area contributed by atoms with E-state index in [9.17, 15) is 9.59 Å². The summed E-state index contributed by atoms with van der Waals surface area (Å²) in [5, 5.41) is 4.29. The van der Waals surface area contributed by atoms with Crippen molar-refractivity contribution in [1.82, 2.24) is 24.6 Å². The molecule has 0 unspecified atom stereocenters. The lowest BCUT2D eigenvalue weighted by molar-refractivity contribution is -0.139. The summed E-state index contributed by atoms with van der Waals surface area (Å²) in [6.07, 6.45) is 8.77. The van der Waals surface area contributed by atoms with Gasteiger partial charge in [-0.25, -0.2) is 0 Å². The number of rotatable bonds is 3. The van der Waals surface area contributed by atoms with E-state index in [1.165, 1.54) is 0 Å². The number of aryl methyl sites for hydroxylation is 2. The van der Waals surface area contributed by atoms with Crippen molar-refractivity contribution in [3.8, 4) is 0 Å². The Hall–Kier alpha value is -2.70. The maximum atomic E-state index is 12.9. The molecule has 7 heteroatoms.